The lowest BCUT2D eigenvalue weighted by Crippen LogP contribution is -2.05. The summed E-state index contributed by atoms with van der Waals surface area (Å²) in [5.41, 5.74) is 2.65. The Labute approximate surface area is 156 Å². The van der Waals surface area contributed by atoms with Gasteiger partial charge < -0.3 is 4.74 Å². The Morgan fingerprint density at radius 2 is 1.59 bits per heavy atom. The summed E-state index contributed by atoms with van der Waals surface area (Å²) >= 11 is 0. The van der Waals surface area contributed by atoms with Crippen LogP contribution in [0.2, 0.25) is 0 Å². The first-order valence-corrected chi connectivity index (χ1v) is 8.29. The molecule has 0 atom stereocenters. The van der Waals surface area contributed by atoms with Crippen LogP contribution in [0.3, 0.4) is 0 Å². The van der Waals surface area contributed by atoms with Crippen LogP contribution in [0, 0.1) is 10.1 Å². The van der Waals surface area contributed by atoms with Crippen molar-refractivity contribution in [1.29, 1.82) is 0 Å². The lowest BCUT2D eigenvalue weighted by molar-refractivity contribution is -0.384. The molecule has 27 heavy (non-hydrogen) atoms. The normalized spacial score (nSPS) is 11.1. The van der Waals surface area contributed by atoms with Crippen molar-refractivity contribution in [1.82, 2.24) is 0 Å². The standard InChI is InChI=1S/C22H17NO4/c1-27-22(24)20(14-16-8-4-2-5-9-16)18-12-13-19(21(15-18)23(25)26)17-10-6-3-7-11-17/h2-15H,1H3/b20-14+. The highest BCUT2D eigenvalue weighted by Crippen LogP contribution is 2.33. The molecule has 0 aliphatic carbocycles. The molecule has 0 N–H and O–H groups in total. The van der Waals surface area contributed by atoms with Gasteiger partial charge in [-0.15, -0.1) is 0 Å². The molecule has 0 aromatic heterocycles. The number of rotatable bonds is 5. The highest BCUT2D eigenvalue weighted by Gasteiger charge is 2.20. The van der Waals surface area contributed by atoms with Crippen molar-refractivity contribution in [3.05, 3.63) is 100 Å². The Kier molecular flexibility index (Phi) is 5.42. The molecule has 0 aliphatic heterocycles. The van der Waals surface area contributed by atoms with Crippen LogP contribution in [0.25, 0.3) is 22.8 Å². The summed E-state index contributed by atoms with van der Waals surface area (Å²) < 4.78 is 4.88. The number of nitro benzene ring substituents is 1. The number of esters is 1. The zero-order valence-electron chi connectivity index (χ0n) is 14.7. The molecule has 134 valence electrons. The highest BCUT2D eigenvalue weighted by atomic mass is 16.6. The molecule has 0 saturated carbocycles. The molecule has 5 nitrogen and oxygen atoms in total. The van der Waals surface area contributed by atoms with Crippen LogP contribution in [0.1, 0.15) is 11.1 Å². The lowest BCUT2D eigenvalue weighted by Gasteiger charge is -2.09. The van der Waals surface area contributed by atoms with Crippen molar-refractivity contribution in [3.63, 3.8) is 0 Å². The minimum absolute atomic E-state index is 0.0680. The Balaban J connectivity index is 2.14. The van der Waals surface area contributed by atoms with Gasteiger partial charge in [-0.3, -0.25) is 10.1 Å². The minimum atomic E-state index is -0.555. The minimum Gasteiger partial charge on any atom is -0.465 e. The summed E-state index contributed by atoms with van der Waals surface area (Å²) in [5.74, 6) is -0.555. The van der Waals surface area contributed by atoms with E-state index >= 15 is 0 Å². The van der Waals surface area contributed by atoms with Gasteiger partial charge in [0.15, 0.2) is 0 Å². The van der Waals surface area contributed by atoms with Gasteiger partial charge in [-0.25, -0.2) is 4.79 Å². The maximum absolute atomic E-state index is 12.3. The van der Waals surface area contributed by atoms with Crippen LogP contribution in [-0.4, -0.2) is 18.0 Å². The summed E-state index contributed by atoms with van der Waals surface area (Å²) in [4.78, 5) is 23.5. The molecule has 3 rings (SSSR count). The number of benzene rings is 3. The average Bonchev–Trinajstić information content (AvgIpc) is 2.72. The number of methoxy groups -OCH3 is 1. The van der Waals surface area contributed by atoms with E-state index in [1.165, 1.54) is 13.2 Å². The van der Waals surface area contributed by atoms with Crippen molar-refractivity contribution >= 4 is 23.3 Å². The number of ether oxygens (including phenoxy) is 1. The van der Waals surface area contributed by atoms with E-state index in [0.717, 1.165) is 11.1 Å². The van der Waals surface area contributed by atoms with Crippen molar-refractivity contribution in [2.24, 2.45) is 0 Å². The van der Waals surface area contributed by atoms with Gasteiger partial charge in [0.25, 0.3) is 5.69 Å². The van der Waals surface area contributed by atoms with E-state index in [1.54, 1.807) is 18.2 Å². The molecule has 0 spiro atoms. The van der Waals surface area contributed by atoms with Crippen LogP contribution < -0.4 is 0 Å². The molecule has 0 unspecified atom stereocenters. The van der Waals surface area contributed by atoms with Crippen molar-refractivity contribution in [3.8, 4) is 11.1 Å². The zero-order chi connectivity index (χ0) is 19.2. The fourth-order valence-electron chi connectivity index (χ4n) is 2.80. The monoisotopic (exact) mass is 359 g/mol. The molecule has 0 bridgehead atoms. The Morgan fingerprint density at radius 3 is 2.19 bits per heavy atom. The van der Waals surface area contributed by atoms with Gasteiger partial charge in [0.1, 0.15) is 0 Å². The maximum Gasteiger partial charge on any atom is 0.338 e. The molecule has 0 saturated heterocycles. The first-order valence-electron chi connectivity index (χ1n) is 8.29. The van der Waals surface area contributed by atoms with Crippen molar-refractivity contribution < 1.29 is 14.5 Å². The largest absolute Gasteiger partial charge is 0.465 e. The molecule has 0 radical (unpaired) electrons. The Hall–Kier alpha value is -3.73. The van der Waals surface area contributed by atoms with Gasteiger partial charge in [-0.2, -0.15) is 0 Å². The summed E-state index contributed by atoms with van der Waals surface area (Å²) in [5, 5.41) is 11.6. The fraction of sp³-hybridized carbons (Fsp3) is 0.0455. The molecule has 0 aliphatic rings. The van der Waals surface area contributed by atoms with E-state index in [0.29, 0.717) is 11.1 Å². The number of carbonyl (C=O) groups excluding carboxylic acids is 1. The molecule has 3 aromatic carbocycles. The first kappa shape index (κ1) is 18.1. The summed E-state index contributed by atoms with van der Waals surface area (Å²) in [6.07, 6.45) is 1.66. The third-order valence-electron chi connectivity index (χ3n) is 4.11. The van der Waals surface area contributed by atoms with Crippen LogP contribution in [0.15, 0.2) is 78.9 Å². The quantitative estimate of drug-likeness (QED) is 0.212. The smallest absolute Gasteiger partial charge is 0.338 e. The van der Waals surface area contributed by atoms with Gasteiger partial charge in [-0.1, -0.05) is 66.7 Å². The predicted octanol–water partition coefficient (Wildman–Crippen LogP) is 4.98. The summed E-state index contributed by atoms with van der Waals surface area (Å²) in [6, 6.07) is 23.1. The van der Waals surface area contributed by atoms with Gasteiger partial charge in [0, 0.05) is 6.07 Å². The van der Waals surface area contributed by atoms with Crippen LogP contribution in [-0.2, 0) is 9.53 Å². The molecule has 0 amide bonds. The Bertz CT molecular complexity index is 995. The number of carbonyl (C=O) groups is 1. The average molecular weight is 359 g/mol. The summed E-state index contributed by atoms with van der Waals surface area (Å²) in [6.45, 7) is 0. The number of hydrogen-bond donors (Lipinski definition) is 0. The van der Waals surface area contributed by atoms with E-state index in [4.69, 9.17) is 4.74 Å². The van der Waals surface area contributed by atoms with Crippen LogP contribution in [0.4, 0.5) is 5.69 Å². The fourth-order valence-corrected chi connectivity index (χ4v) is 2.80. The molecule has 0 heterocycles. The van der Waals surface area contributed by atoms with E-state index in [-0.39, 0.29) is 11.3 Å². The SMILES string of the molecule is COC(=O)/C(=C/c1ccccc1)c1ccc(-c2ccccc2)c([N+](=O)[O-])c1. The molecule has 0 fully saturated rings. The lowest BCUT2D eigenvalue weighted by atomic mass is 9.97. The Morgan fingerprint density at radius 1 is 0.963 bits per heavy atom. The predicted molar refractivity (Wildman–Crippen MR) is 105 cm³/mol. The number of nitrogens with zero attached hydrogens (tertiary/aromatic N) is 1. The molecule has 5 heteroatoms. The van der Waals surface area contributed by atoms with E-state index in [9.17, 15) is 14.9 Å². The van der Waals surface area contributed by atoms with E-state index in [2.05, 4.69) is 0 Å². The van der Waals surface area contributed by atoms with E-state index < -0.39 is 10.9 Å². The van der Waals surface area contributed by atoms with Crippen molar-refractivity contribution in [2.75, 3.05) is 7.11 Å². The number of hydrogen-bond acceptors (Lipinski definition) is 4. The second-order valence-electron chi connectivity index (χ2n) is 5.82. The van der Waals surface area contributed by atoms with Crippen LogP contribution >= 0.6 is 0 Å². The number of nitro groups is 1. The second-order valence-corrected chi connectivity index (χ2v) is 5.82. The third kappa shape index (κ3) is 4.10. The molecule has 3 aromatic rings. The highest BCUT2D eigenvalue weighted by molar-refractivity contribution is 6.21. The van der Waals surface area contributed by atoms with Gasteiger partial charge in [-0.05, 0) is 28.8 Å². The van der Waals surface area contributed by atoms with Gasteiger partial charge in [0.2, 0.25) is 0 Å². The third-order valence-corrected chi connectivity index (χ3v) is 4.11. The summed E-state index contributed by atoms with van der Waals surface area (Å²) in [7, 11) is 1.29. The van der Waals surface area contributed by atoms with Gasteiger partial charge in [0.05, 0.1) is 23.2 Å². The molecular formula is C22H17NO4. The molecular weight excluding hydrogens is 342 g/mol. The van der Waals surface area contributed by atoms with Crippen molar-refractivity contribution in [2.45, 2.75) is 0 Å². The first-order chi connectivity index (χ1) is 13.1. The second kappa shape index (κ2) is 8.10. The van der Waals surface area contributed by atoms with Crippen LogP contribution in [0.5, 0.6) is 0 Å². The topological polar surface area (TPSA) is 69.4 Å². The maximum atomic E-state index is 12.3. The van der Waals surface area contributed by atoms with Gasteiger partial charge >= 0.3 is 5.97 Å². The van der Waals surface area contributed by atoms with E-state index in [1.807, 2.05) is 60.7 Å². The zero-order valence-corrected chi connectivity index (χ0v) is 14.7.